The zero-order valence-corrected chi connectivity index (χ0v) is 12.2. The van der Waals surface area contributed by atoms with E-state index in [0.29, 0.717) is 19.8 Å². The van der Waals surface area contributed by atoms with Crippen molar-refractivity contribution in [1.82, 2.24) is 5.32 Å². The Balaban J connectivity index is 1.53. The largest absolute Gasteiger partial charge is 0.389 e. The number of benzene rings is 1. The molecule has 1 heterocycles. The third kappa shape index (κ3) is 5.59. The topological polar surface area (TPSA) is 50.7 Å². The fourth-order valence-corrected chi connectivity index (χ4v) is 2.26. The molecule has 2 atom stereocenters. The van der Waals surface area contributed by atoms with Crippen LogP contribution in [0.3, 0.4) is 0 Å². The van der Waals surface area contributed by atoms with Gasteiger partial charge in [0, 0.05) is 19.7 Å². The predicted octanol–water partition coefficient (Wildman–Crippen LogP) is 1.64. The molecular formula is C16H25NO3. The zero-order chi connectivity index (χ0) is 14.2. The van der Waals surface area contributed by atoms with E-state index in [1.165, 1.54) is 11.1 Å². The van der Waals surface area contributed by atoms with Crippen LogP contribution in [0.25, 0.3) is 0 Å². The molecular weight excluding hydrogens is 254 g/mol. The third-order valence-electron chi connectivity index (χ3n) is 3.47. The minimum absolute atomic E-state index is 0.225. The smallest absolute Gasteiger partial charge is 0.0897 e. The van der Waals surface area contributed by atoms with Crippen molar-refractivity contribution in [2.75, 3.05) is 26.4 Å². The van der Waals surface area contributed by atoms with Gasteiger partial charge in [-0.1, -0.05) is 29.8 Å². The van der Waals surface area contributed by atoms with E-state index >= 15 is 0 Å². The maximum Gasteiger partial charge on any atom is 0.0897 e. The van der Waals surface area contributed by atoms with E-state index in [2.05, 4.69) is 36.5 Å². The van der Waals surface area contributed by atoms with Gasteiger partial charge in [0.25, 0.3) is 0 Å². The molecule has 2 unspecified atom stereocenters. The Bertz CT molecular complexity index is 374. The van der Waals surface area contributed by atoms with Crippen molar-refractivity contribution < 1.29 is 14.6 Å². The molecule has 0 spiro atoms. The molecule has 0 aromatic heterocycles. The molecule has 0 amide bonds. The number of ether oxygens (including phenoxy) is 2. The van der Waals surface area contributed by atoms with Crippen molar-refractivity contribution in [3.8, 4) is 0 Å². The number of rotatable bonds is 8. The molecule has 1 aliphatic heterocycles. The minimum atomic E-state index is -0.471. The summed E-state index contributed by atoms with van der Waals surface area (Å²) in [6, 6.07) is 8.39. The molecule has 1 fully saturated rings. The lowest BCUT2D eigenvalue weighted by Crippen LogP contribution is -2.31. The maximum atomic E-state index is 9.82. The minimum Gasteiger partial charge on any atom is -0.389 e. The molecule has 1 aromatic carbocycles. The summed E-state index contributed by atoms with van der Waals surface area (Å²) in [7, 11) is 0. The van der Waals surface area contributed by atoms with Gasteiger partial charge in [-0.3, -0.25) is 0 Å². The average molecular weight is 279 g/mol. The summed E-state index contributed by atoms with van der Waals surface area (Å²) in [4.78, 5) is 0. The van der Waals surface area contributed by atoms with Crippen molar-refractivity contribution in [3.63, 3.8) is 0 Å². The van der Waals surface area contributed by atoms with E-state index in [0.717, 1.165) is 26.0 Å². The Morgan fingerprint density at radius 3 is 2.90 bits per heavy atom. The fourth-order valence-electron chi connectivity index (χ4n) is 2.26. The van der Waals surface area contributed by atoms with Gasteiger partial charge < -0.3 is 19.9 Å². The summed E-state index contributed by atoms with van der Waals surface area (Å²) < 4.78 is 10.9. The van der Waals surface area contributed by atoms with Crippen LogP contribution in [-0.4, -0.2) is 43.7 Å². The van der Waals surface area contributed by atoms with Gasteiger partial charge in [0.05, 0.1) is 25.4 Å². The molecule has 20 heavy (non-hydrogen) atoms. The molecule has 1 aliphatic rings. The van der Waals surface area contributed by atoms with Crippen molar-refractivity contribution in [2.24, 2.45) is 0 Å². The number of hydrogen-bond acceptors (Lipinski definition) is 4. The van der Waals surface area contributed by atoms with Gasteiger partial charge in [-0.05, 0) is 25.3 Å². The van der Waals surface area contributed by atoms with Gasteiger partial charge in [0.15, 0.2) is 0 Å². The predicted molar refractivity (Wildman–Crippen MR) is 78.7 cm³/mol. The number of aryl methyl sites for hydroxylation is 1. The van der Waals surface area contributed by atoms with Crippen LogP contribution in [-0.2, 0) is 16.0 Å². The Hall–Kier alpha value is -0.940. The van der Waals surface area contributed by atoms with E-state index in [1.54, 1.807) is 0 Å². The SMILES string of the molecule is Cc1ccc(CNCC(O)COCC2CCCO2)cc1. The average Bonchev–Trinajstić information content (AvgIpc) is 2.94. The van der Waals surface area contributed by atoms with Gasteiger partial charge >= 0.3 is 0 Å². The van der Waals surface area contributed by atoms with Crippen molar-refractivity contribution in [2.45, 2.75) is 38.5 Å². The zero-order valence-electron chi connectivity index (χ0n) is 12.2. The van der Waals surface area contributed by atoms with Gasteiger partial charge in [-0.15, -0.1) is 0 Å². The van der Waals surface area contributed by atoms with Crippen LogP contribution in [0, 0.1) is 6.92 Å². The highest BCUT2D eigenvalue weighted by Gasteiger charge is 2.15. The second-order valence-electron chi connectivity index (χ2n) is 5.44. The first-order chi connectivity index (χ1) is 9.74. The number of hydrogen-bond donors (Lipinski definition) is 2. The lowest BCUT2D eigenvalue weighted by Gasteiger charge is -2.14. The molecule has 2 N–H and O–H groups in total. The Morgan fingerprint density at radius 2 is 2.20 bits per heavy atom. The van der Waals surface area contributed by atoms with Crippen LogP contribution in [0.2, 0.25) is 0 Å². The molecule has 112 valence electrons. The highest BCUT2D eigenvalue weighted by Crippen LogP contribution is 2.11. The van der Waals surface area contributed by atoms with E-state index < -0.39 is 6.10 Å². The fraction of sp³-hybridized carbons (Fsp3) is 0.625. The lowest BCUT2D eigenvalue weighted by molar-refractivity contribution is -0.0164. The Labute approximate surface area is 121 Å². The van der Waals surface area contributed by atoms with Crippen LogP contribution in [0.15, 0.2) is 24.3 Å². The van der Waals surface area contributed by atoms with Crippen LogP contribution in [0.4, 0.5) is 0 Å². The second kappa shape index (κ2) is 8.37. The molecule has 4 heteroatoms. The standard InChI is InChI=1S/C16H25NO3/c1-13-4-6-14(7-5-13)9-17-10-15(18)11-19-12-16-3-2-8-20-16/h4-7,15-18H,2-3,8-12H2,1H3. The highest BCUT2D eigenvalue weighted by atomic mass is 16.5. The first-order valence-electron chi connectivity index (χ1n) is 7.37. The number of nitrogens with one attached hydrogen (secondary N) is 1. The van der Waals surface area contributed by atoms with Crippen molar-refractivity contribution in [3.05, 3.63) is 35.4 Å². The molecule has 0 bridgehead atoms. The van der Waals surface area contributed by atoms with Crippen LogP contribution in [0.5, 0.6) is 0 Å². The maximum absolute atomic E-state index is 9.82. The van der Waals surface area contributed by atoms with Crippen molar-refractivity contribution in [1.29, 1.82) is 0 Å². The number of aliphatic hydroxyl groups excluding tert-OH is 1. The number of aliphatic hydroxyl groups is 1. The van der Waals surface area contributed by atoms with E-state index in [4.69, 9.17) is 9.47 Å². The summed E-state index contributed by atoms with van der Waals surface area (Å²) in [5.41, 5.74) is 2.49. The molecule has 1 aromatic rings. The Morgan fingerprint density at radius 1 is 1.40 bits per heavy atom. The van der Waals surface area contributed by atoms with Gasteiger partial charge in [0.1, 0.15) is 0 Å². The normalized spacial score (nSPS) is 20.2. The van der Waals surface area contributed by atoms with Crippen LogP contribution in [0.1, 0.15) is 24.0 Å². The molecule has 0 saturated carbocycles. The molecule has 0 aliphatic carbocycles. The molecule has 2 rings (SSSR count). The molecule has 4 nitrogen and oxygen atoms in total. The van der Waals surface area contributed by atoms with E-state index in [1.807, 2.05) is 0 Å². The summed E-state index contributed by atoms with van der Waals surface area (Å²) in [6.07, 6.45) is 1.95. The second-order valence-corrected chi connectivity index (χ2v) is 5.44. The van der Waals surface area contributed by atoms with Crippen molar-refractivity contribution >= 4 is 0 Å². The van der Waals surface area contributed by atoms with E-state index in [9.17, 15) is 5.11 Å². The summed E-state index contributed by atoms with van der Waals surface area (Å²) >= 11 is 0. The monoisotopic (exact) mass is 279 g/mol. The summed E-state index contributed by atoms with van der Waals surface area (Å²) in [5, 5.41) is 13.1. The highest BCUT2D eigenvalue weighted by molar-refractivity contribution is 5.21. The first-order valence-corrected chi connectivity index (χ1v) is 7.37. The van der Waals surface area contributed by atoms with Crippen LogP contribution >= 0.6 is 0 Å². The van der Waals surface area contributed by atoms with Gasteiger partial charge in [-0.2, -0.15) is 0 Å². The van der Waals surface area contributed by atoms with E-state index in [-0.39, 0.29) is 6.10 Å². The molecule has 0 radical (unpaired) electrons. The summed E-state index contributed by atoms with van der Waals surface area (Å²) in [5.74, 6) is 0. The first kappa shape index (κ1) is 15.4. The third-order valence-corrected chi connectivity index (χ3v) is 3.47. The quantitative estimate of drug-likeness (QED) is 0.759. The molecule has 1 saturated heterocycles. The summed E-state index contributed by atoms with van der Waals surface area (Å²) in [6.45, 7) is 5.18. The van der Waals surface area contributed by atoms with Gasteiger partial charge in [-0.25, -0.2) is 0 Å². The van der Waals surface area contributed by atoms with Gasteiger partial charge in [0.2, 0.25) is 0 Å². The Kier molecular flexibility index (Phi) is 6.47. The van der Waals surface area contributed by atoms with Crippen LogP contribution < -0.4 is 5.32 Å². The lowest BCUT2D eigenvalue weighted by atomic mass is 10.1.